The highest BCUT2D eigenvalue weighted by atomic mass is 19.1. The van der Waals surface area contributed by atoms with E-state index in [-0.39, 0.29) is 5.82 Å². The first-order valence-corrected chi connectivity index (χ1v) is 5.59. The first-order valence-electron chi connectivity index (χ1n) is 5.59. The zero-order valence-electron chi connectivity index (χ0n) is 9.57. The molecule has 0 amide bonds. The molecular formula is C13H15FN2. The summed E-state index contributed by atoms with van der Waals surface area (Å²) in [5.41, 5.74) is 1.29. The minimum Gasteiger partial charge on any atom is -0.367 e. The Bertz CT molecular complexity index is 436. The van der Waals surface area contributed by atoms with E-state index in [4.69, 9.17) is 5.26 Å². The summed E-state index contributed by atoms with van der Waals surface area (Å²) in [7, 11) is 0. The fourth-order valence-electron chi connectivity index (χ4n) is 2.28. The van der Waals surface area contributed by atoms with Gasteiger partial charge in [0.15, 0.2) is 0 Å². The maximum absolute atomic E-state index is 13.0. The molecular weight excluding hydrogens is 203 g/mol. The minimum atomic E-state index is -0.347. The fraction of sp³-hybridized carbons (Fsp3) is 0.462. The molecule has 0 saturated carbocycles. The van der Waals surface area contributed by atoms with Crippen LogP contribution in [-0.2, 0) is 0 Å². The molecule has 0 bridgehead atoms. The molecule has 84 valence electrons. The van der Waals surface area contributed by atoms with Gasteiger partial charge in [0.25, 0.3) is 0 Å². The number of rotatable bonds is 1. The van der Waals surface area contributed by atoms with E-state index in [2.05, 4.69) is 24.8 Å². The van der Waals surface area contributed by atoms with Gasteiger partial charge in [0.2, 0.25) is 0 Å². The Morgan fingerprint density at radius 2 is 2.19 bits per heavy atom. The molecule has 0 radical (unpaired) electrons. The predicted octanol–water partition coefficient (Wildman–Crippen LogP) is 2.93. The average Bonchev–Trinajstić information content (AvgIpc) is 2.60. The first kappa shape index (κ1) is 10.9. The molecule has 2 nitrogen and oxygen atoms in total. The van der Waals surface area contributed by atoms with Crippen molar-refractivity contribution < 1.29 is 4.39 Å². The molecule has 16 heavy (non-hydrogen) atoms. The zero-order valence-corrected chi connectivity index (χ0v) is 9.57. The van der Waals surface area contributed by atoms with Crippen LogP contribution in [0.3, 0.4) is 0 Å². The molecule has 2 unspecified atom stereocenters. The second-order valence-corrected chi connectivity index (χ2v) is 4.47. The molecule has 2 atom stereocenters. The van der Waals surface area contributed by atoms with Crippen LogP contribution in [0.25, 0.3) is 0 Å². The summed E-state index contributed by atoms with van der Waals surface area (Å²) in [5, 5.41) is 9.01. The van der Waals surface area contributed by atoms with E-state index < -0.39 is 0 Å². The van der Waals surface area contributed by atoms with Gasteiger partial charge in [-0.3, -0.25) is 0 Å². The Kier molecular flexibility index (Phi) is 2.82. The molecule has 1 aliphatic heterocycles. The normalized spacial score (nSPS) is 24.5. The van der Waals surface area contributed by atoms with E-state index in [0.717, 1.165) is 18.7 Å². The molecule has 2 rings (SSSR count). The molecule has 0 aromatic heterocycles. The SMILES string of the molecule is CC1CCN(c2ccc(F)cc2C#N)C1C. The number of benzene rings is 1. The van der Waals surface area contributed by atoms with E-state index in [9.17, 15) is 4.39 Å². The highest BCUT2D eigenvalue weighted by molar-refractivity contribution is 5.60. The van der Waals surface area contributed by atoms with Crippen LogP contribution in [0.1, 0.15) is 25.8 Å². The topological polar surface area (TPSA) is 27.0 Å². The van der Waals surface area contributed by atoms with Crippen molar-refractivity contribution in [1.82, 2.24) is 0 Å². The molecule has 0 aliphatic carbocycles. The third kappa shape index (κ3) is 1.76. The van der Waals surface area contributed by atoms with E-state index in [0.29, 0.717) is 17.5 Å². The van der Waals surface area contributed by atoms with Crippen LogP contribution in [0, 0.1) is 23.1 Å². The Labute approximate surface area is 95.3 Å². The summed E-state index contributed by atoms with van der Waals surface area (Å²) in [6.07, 6.45) is 1.13. The summed E-state index contributed by atoms with van der Waals surface area (Å²) in [6.45, 7) is 5.31. The van der Waals surface area contributed by atoms with E-state index in [1.165, 1.54) is 12.1 Å². The molecule has 1 aliphatic rings. The molecule has 1 heterocycles. The van der Waals surface area contributed by atoms with Gasteiger partial charge in [-0.05, 0) is 37.5 Å². The van der Waals surface area contributed by atoms with Crippen LogP contribution < -0.4 is 4.90 Å². The lowest BCUT2D eigenvalue weighted by atomic mass is 10.0. The number of hydrogen-bond donors (Lipinski definition) is 0. The number of nitrogens with zero attached hydrogens (tertiary/aromatic N) is 2. The Morgan fingerprint density at radius 1 is 1.44 bits per heavy atom. The molecule has 0 spiro atoms. The van der Waals surface area contributed by atoms with Gasteiger partial charge in [0, 0.05) is 12.6 Å². The lowest BCUT2D eigenvalue weighted by molar-refractivity contribution is 0.545. The molecule has 1 aromatic rings. The zero-order chi connectivity index (χ0) is 11.7. The minimum absolute atomic E-state index is 0.347. The van der Waals surface area contributed by atoms with Gasteiger partial charge in [-0.1, -0.05) is 6.92 Å². The van der Waals surface area contributed by atoms with Crippen LogP contribution in [0.4, 0.5) is 10.1 Å². The van der Waals surface area contributed by atoms with Crippen molar-refractivity contribution in [1.29, 1.82) is 5.26 Å². The molecule has 3 heteroatoms. The largest absolute Gasteiger partial charge is 0.367 e. The summed E-state index contributed by atoms with van der Waals surface area (Å²) >= 11 is 0. The van der Waals surface area contributed by atoms with Gasteiger partial charge >= 0.3 is 0 Å². The predicted molar refractivity (Wildman–Crippen MR) is 61.7 cm³/mol. The van der Waals surface area contributed by atoms with Crippen molar-refractivity contribution in [3.8, 4) is 6.07 Å². The fourth-order valence-corrected chi connectivity index (χ4v) is 2.28. The summed E-state index contributed by atoms with van der Waals surface area (Å²) in [4.78, 5) is 2.20. The van der Waals surface area contributed by atoms with Gasteiger partial charge in [0.1, 0.15) is 11.9 Å². The number of halogens is 1. The lowest BCUT2D eigenvalue weighted by Gasteiger charge is -2.26. The standard InChI is InChI=1S/C13H15FN2/c1-9-5-6-16(10(9)2)13-4-3-12(14)7-11(13)8-15/h3-4,7,9-10H,5-6H2,1-2H3. The van der Waals surface area contributed by atoms with Gasteiger partial charge in [-0.25, -0.2) is 4.39 Å². The average molecular weight is 218 g/mol. The van der Waals surface area contributed by atoms with Gasteiger partial charge in [-0.15, -0.1) is 0 Å². The van der Waals surface area contributed by atoms with Gasteiger partial charge in [0.05, 0.1) is 11.3 Å². The summed E-state index contributed by atoms with van der Waals surface area (Å²) in [5.74, 6) is 0.275. The Balaban J connectivity index is 2.38. The summed E-state index contributed by atoms with van der Waals surface area (Å²) < 4.78 is 13.0. The lowest BCUT2D eigenvalue weighted by Crippen LogP contribution is -2.29. The van der Waals surface area contributed by atoms with Crippen molar-refractivity contribution in [2.45, 2.75) is 26.3 Å². The van der Waals surface area contributed by atoms with Crippen molar-refractivity contribution in [2.75, 3.05) is 11.4 Å². The summed E-state index contributed by atoms with van der Waals surface area (Å²) in [6, 6.07) is 6.93. The van der Waals surface area contributed by atoms with Crippen molar-refractivity contribution in [3.63, 3.8) is 0 Å². The van der Waals surface area contributed by atoms with Crippen LogP contribution in [-0.4, -0.2) is 12.6 Å². The highest BCUT2D eigenvalue weighted by Crippen LogP contribution is 2.31. The van der Waals surface area contributed by atoms with Gasteiger partial charge < -0.3 is 4.90 Å². The highest BCUT2D eigenvalue weighted by Gasteiger charge is 2.28. The van der Waals surface area contributed by atoms with Gasteiger partial charge in [-0.2, -0.15) is 5.26 Å². The molecule has 1 saturated heterocycles. The van der Waals surface area contributed by atoms with Crippen LogP contribution >= 0.6 is 0 Å². The van der Waals surface area contributed by atoms with E-state index in [1.807, 2.05) is 0 Å². The van der Waals surface area contributed by atoms with E-state index >= 15 is 0 Å². The Morgan fingerprint density at radius 3 is 2.75 bits per heavy atom. The smallest absolute Gasteiger partial charge is 0.124 e. The van der Waals surface area contributed by atoms with Crippen molar-refractivity contribution in [3.05, 3.63) is 29.6 Å². The second kappa shape index (κ2) is 4.13. The van der Waals surface area contributed by atoms with E-state index in [1.54, 1.807) is 6.07 Å². The first-order chi connectivity index (χ1) is 7.63. The van der Waals surface area contributed by atoms with Crippen LogP contribution in [0.15, 0.2) is 18.2 Å². The molecule has 0 N–H and O–H groups in total. The monoisotopic (exact) mass is 218 g/mol. The molecule has 1 fully saturated rings. The maximum atomic E-state index is 13.0. The van der Waals surface area contributed by atoms with Crippen molar-refractivity contribution in [2.24, 2.45) is 5.92 Å². The third-order valence-corrected chi connectivity index (χ3v) is 3.53. The third-order valence-electron chi connectivity index (χ3n) is 3.53. The van der Waals surface area contributed by atoms with Crippen molar-refractivity contribution >= 4 is 5.69 Å². The molecule has 1 aromatic carbocycles. The number of anilines is 1. The maximum Gasteiger partial charge on any atom is 0.124 e. The second-order valence-electron chi connectivity index (χ2n) is 4.47. The Hall–Kier alpha value is -1.56. The number of nitriles is 1. The number of hydrogen-bond acceptors (Lipinski definition) is 2. The quantitative estimate of drug-likeness (QED) is 0.724. The van der Waals surface area contributed by atoms with Crippen LogP contribution in [0.2, 0.25) is 0 Å². The van der Waals surface area contributed by atoms with Crippen LogP contribution in [0.5, 0.6) is 0 Å².